The van der Waals surface area contributed by atoms with Crippen molar-refractivity contribution in [1.82, 2.24) is 5.32 Å². The van der Waals surface area contributed by atoms with E-state index in [0.717, 1.165) is 32.0 Å². The third-order valence-corrected chi connectivity index (χ3v) is 3.54. The van der Waals surface area contributed by atoms with Crippen molar-refractivity contribution in [3.05, 3.63) is 29.3 Å². The first-order chi connectivity index (χ1) is 8.80. The highest BCUT2D eigenvalue weighted by Gasteiger charge is 2.34. The number of hydrogen-bond acceptors (Lipinski definition) is 2. The van der Waals surface area contributed by atoms with Crippen molar-refractivity contribution in [3.63, 3.8) is 0 Å². The molecule has 0 saturated carbocycles. The van der Waals surface area contributed by atoms with Crippen LogP contribution in [0.1, 0.15) is 30.9 Å². The van der Waals surface area contributed by atoms with Crippen molar-refractivity contribution in [1.29, 1.82) is 0 Å². The Kier molecular flexibility index (Phi) is 3.76. The van der Waals surface area contributed by atoms with Crippen LogP contribution in [0.4, 0.5) is 13.2 Å². The van der Waals surface area contributed by atoms with Crippen LogP contribution in [0.15, 0.2) is 18.2 Å². The van der Waals surface area contributed by atoms with E-state index in [1.807, 2.05) is 6.92 Å². The van der Waals surface area contributed by atoms with Gasteiger partial charge in [0.15, 0.2) is 0 Å². The molecule has 19 heavy (non-hydrogen) atoms. The Balaban J connectivity index is 2.21. The molecule has 1 aromatic rings. The molecule has 1 aliphatic rings. The summed E-state index contributed by atoms with van der Waals surface area (Å²) in [5, 5.41) is 3.21. The van der Waals surface area contributed by atoms with Crippen LogP contribution in [-0.2, 0) is 6.18 Å². The van der Waals surface area contributed by atoms with Gasteiger partial charge in [-0.2, -0.15) is 13.2 Å². The first kappa shape index (κ1) is 14.2. The fraction of sp³-hybridized carbons (Fsp3) is 0.571. The Morgan fingerprint density at radius 3 is 2.42 bits per heavy atom. The molecule has 1 aromatic carbocycles. The second-order valence-corrected chi connectivity index (χ2v) is 5.28. The average Bonchev–Trinajstić information content (AvgIpc) is 2.31. The van der Waals surface area contributed by atoms with Crippen molar-refractivity contribution in [2.45, 2.75) is 38.5 Å². The lowest BCUT2D eigenvalue weighted by molar-refractivity contribution is -0.138. The van der Waals surface area contributed by atoms with Gasteiger partial charge in [0.25, 0.3) is 0 Å². The highest BCUT2D eigenvalue weighted by atomic mass is 19.4. The minimum atomic E-state index is -4.33. The SMILES string of the molecule is Cc1ccc(OC2(C)CCNCC2)cc1C(F)(F)F. The van der Waals surface area contributed by atoms with Crippen molar-refractivity contribution < 1.29 is 17.9 Å². The normalized spacial score (nSPS) is 19.2. The van der Waals surface area contributed by atoms with Gasteiger partial charge in [-0.05, 0) is 57.5 Å². The molecule has 0 aromatic heterocycles. The predicted octanol–water partition coefficient (Wildman–Crippen LogP) is 3.53. The van der Waals surface area contributed by atoms with Crippen molar-refractivity contribution in [2.24, 2.45) is 0 Å². The van der Waals surface area contributed by atoms with Crippen LogP contribution in [-0.4, -0.2) is 18.7 Å². The first-order valence-corrected chi connectivity index (χ1v) is 6.38. The second-order valence-electron chi connectivity index (χ2n) is 5.28. The van der Waals surface area contributed by atoms with E-state index in [1.165, 1.54) is 13.0 Å². The van der Waals surface area contributed by atoms with E-state index < -0.39 is 11.7 Å². The lowest BCUT2D eigenvalue weighted by atomic mass is 9.94. The van der Waals surface area contributed by atoms with Crippen molar-refractivity contribution in [3.8, 4) is 5.75 Å². The van der Waals surface area contributed by atoms with Crippen LogP contribution in [0.2, 0.25) is 0 Å². The van der Waals surface area contributed by atoms with Crippen LogP contribution < -0.4 is 10.1 Å². The summed E-state index contributed by atoms with van der Waals surface area (Å²) in [4.78, 5) is 0. The molecule has 5 heteroatoms. The summed E-state index contributed by atoms with van der Waals surface area (Å²) >= 11 is 0. The van der Waals surface area contributed by atoms with Gasteiger partial charge in [0.05, 0.1) is 5.56 Å². The molecule has 1 saturated heterocycles. The maximum Gasteiger partial charge on any atom is 0.416 e. The monoisotopic (exact) mass is 273 g/mol. The van der Waals surface area contributed by atoms with E-state index in [1.54, 1.807) is 6.07 Å². The molecule has 106 valence electrons. The third kappa shape index (κ3) is 3.41. The number of aryl methyl sites for hydroxylation is 1. The fourth-order valence-electron chi connectivity index (χ4n) is 2.31. The summed E-state index contributed by atoms with van der Waals surface area (Å²) in [6, 6.07) is 4.17. The van der Waals surface area contributed by atoms with Gasteiger partial charge >= 0.3 is 6.18 Å². The van der Waals surface area contributed by atoms with Crippen molar-refractivity contribution in [2.75, 3.05) is 13.1 Å². The number of hydrogen-bond donors (Lipinski definition) is 1. The summed E-state index contributed by atoms with van der Waals surface area (Å²) < 4.78 is 44.3. The minimum absolute atomic E-state index is 0.218. The molecule has 0 atom stereocenters. The van der Waals surface area contributed by atoms with Gasteiger partial charge < -0.3 is 10.1 Å². The minimum Gasteiger partial charge on any atom is -0.487 e. The first-order valence-electron chi connectivity index (χ1n) is 6.38. The van der Waals surface area contributed by atoms with E-state index in [-0.39, 0.29) is 11.2 Å². The Morgan fingerprint density at radius 1 is 1.21 bits per heavy atom. The Bertz CT molecular complexity index is 450. The number of piperidine rings is 1. The standard InChI is InChI=1S/C14H18F3NO/c1-10-3-4-11(9-12(10)14(15,16)17)19-13(2)5-7-18-8-6-13/h3-4,9,18H,5-8H2,1-2H3. The molecule has 1 heterocycles. The average molecular weight is 273 g/mol. The van der Waals surface area contributed by atoms with E-state index in [9.17, 15) is 13.2 Å². The van der Waals surface area contributed by atoms with Crippen LogP contribution in [0.5, 0.6) is 5.75 Å². The molecule has 0 amide bonds. The quantitative estimate of drug-likeness (QED) is 0.890. The third-order valence-electron chi connectivity index (χ3n) is 3.54. The smallest absolute Gasteiger partial charge is 0.416 e. The van der Waals surface area contributed by atoms with Gasteiger partial charge in [0, 0.05) is 0 Å². The lowest BCUT2D eigenvalue weighted by Crippen LogP contribution is -2.43. The molecular weight excluding hydrogens is 255 g/mol. The van der Waals surface area contributed by atoms with Crippen LogP contribution in [0.25, 0.3) is 0 Å². The summed E-state index contributed by atoms with van der Waals surface area (Å²) in [7, 11) is 0. The van der Waals surface area contributed by atoms with Gasteiger partial charge in [0.2, 0.25) is 0 Å². The van der Waals surface area contributed by atoms with Gasteiger partial charge in [-0.1, -0.05) is 6.07 Å². The zero-order valence-electron chi connectivity index (χ0n) is 11.1. The molecular formula is C14H18F3NO. The molecule has 0 spiro atoms. The number of rotatable bonds is 2. The maximum absolute atomic E-state index is 12.8. The largest absolute Gasteiger partial charge is 0.487 e. The van der Waals surface area contributed by atoms with E-state index in [4.69, 9.17) is 4.74 Å². The van der Waals surface area contributed by atoms with Crippen LogP contribution >= 0.6 is 0 Å². The highest BCUT2D eigenvalue weighted by Crippen LogP contribution is 2.35. The Morgan fingerprint density at radius 2 is 1.84 bits per heavy atom. The van der Waals surface area contributed by atoms with E-state index in [2.05, 4.69) is 5.32 Å². The number of benzene rings is 1. The summed E-state index contributed by atoms with van der Waals surface area (Å²) in [5.41, 5.74) is -0.790. The lowest BCUT2D eigenvalue weighted by Gasteiger charge is -2.34. The van der Waals surface area contributed by atoms with Crippen molar-refractivity contribution >= 4 is 0 Å². The molecule has 0 radical (unpaired) electrons. The second kappa shape index (κ2) is 5.04. The van der Waals surface area contributed by atoms with Gasteiger partial charge in [-0.25, -0.2) is 0 Å². The summed E-state index contributed by atoms with van der Waals surface area (Å²) in [5.74, 6) is 0.294. The van der Waals surface area contributed by atoms with Gasteiger partial charge in [-0.3, -0.25) is 0 Å². The van der Waals surface area contributed by atoms with Crippen LogP contribution in [0, 0.1) is 6.92 Å². The number of alkyl halides is 3. The molecule has 2 nitrogen and oxygen atoms in total. The summed E-state index contributed by atoms with van der Waals surface area (Å²) in [6.07, 6.45) is -2.75. The highest BCUT2D eigenvalue weighted by molar-refractivity contribution is 5.37. The molecule has 2 rings (SSSR count). The topological polar surface area (TPSA) is 21.3 Å². The zero-order chi connectivity index (χ0) is 14.1. The van der Waals surface area contributed by atoms with E-state index in [0.29, 0.717) is 5.75 Å². The number of ether oxygens (including phenoxy) is 1. The van der Waals surface area contributed by atoms with E-state index >= 15 is 0 Å². The molecule has 1 N–H and O–H groups in total. The predicted molar refractivity (Wildman–Crippen MR) is 67.3 cm³/mol. The Hall–Kier alpha value is -1.23. The molecule has 0 aliphatic carbocycles. The number of halogens is 3. The van der Waals surface area contributed by atoms with Crippen LogP contribution in [0.3, 0.4) is 0 Å². The zero-order valence-corrected chi connectivity index (χ0v) is 11.1. The summed E-state index contributed by atoms with van der Waals surface area (Å²) in [6.45, 7) is 5.06. The maximum atomic E-state index is 12.8. The fourth-order valence-corrected chi connectivity index (χ4v) is 2.31. The molecule has 1 aliphatic heterocycles. The number of nitrogens with one attached hydrogen (secondary N) is 1. The van der Waals surface area contributed by atoms with Gasteiger partial charge in [0.1, 0.15) is 11.4 Å². The molecule has 0 unspecified atom stereocenters. The molecule has 0 bridgehead atoms. The molecule has 1 fully saturated rings. The Labute approximate surface area is 111 Å². The van der Waals surface area contributed by atoms with Gasteiger partial charge in [-0.15, -0.1) is 0 Å².